The molecule has 3 heterocycles. The Bertz CT molecular complexity index is 760. The van der Waals surface area contributed by atoms with Crippen LogP contribution in [-0.2, 0) is 11.3 Å². The van der Waals surface area contributed by atoms with Gasteiger partial charge in [-0.05, 0) is 63.2 Å². The van der Waals surface area contributed by atoms with Gasteiger partial charge in [-0.1, -0.05) is 6.07 Å². The van der Waals surface area contributed by atoms with Crippen molar-refractivity contribution >= 4 is 11.6 Å². The Morgan fingerprint density at radius 1 is 1.28 bits per heavy atom. The van der Waals surface area contributed by atoms with Crippen LogP contribution in [0.2, 0.25) is 0 Å². The van der Waals surface area contributed by atoms with Crippen molar-refractivity contribution in [3.05, 3.63) is 35.8 Å². The fraction of sp³-hybridized carbons (Fsp3) is 0.579. The van der Waals surface area contributed by atoms with E-state index in [1.807, 2.05) is 6.07 Å². The Balaban J connectivity index is 1.31. The molecule has 2 fully saturated rings. The molecule has 0 radical (unpaired) electrons. The average molecular weight is 342 g/mol. The first kappa shape index (κ1) is 16.5. The van der Waals surface area contributed by atoms with Crippen molar-refractivity contribution in [1.82, 2.24) is 19.6 Å². The monoisotopic (exact) mass is 342 g/mol. The smallest absolute Gasteiger partial charge is 0.249 e. The van der Waals surface area contributed by atoms with E-state index >= 15 is 0 Å². The third-order valence-corrected chi connectivity index (χ3v) is 5.31. The van der Waals surface area contributed by atoms with Crippen LogP contribution in [-0.4, -0.2) is 50.5 Å². The van der Waals surface area contributed by atoms with Crippen molar-refractivity contribution in [3.8, 4) is 0 Å². The second-order valence-electron chi connectivity index (χ2n) is 7.55. The van der Waals surface area contributed by atoms with Gasteiger partial charge in [-0.15, -0.1) is 0 Å². The predicted octanol–water partition coefficient (Wildman–Crippen LogP) is 1.49. The van der Waals surface area contributed by atoms with Crippen molar-refractivity contribution < 1.29 is 9.90 Å². The van der Waals surface area contributed by atoms with E-state index in [1.54, 1.807) is 0 Å². The van der Waals surface area contributed by atoms with Gasteiger partial charge < -0.3 is 14.8 Å². The number of nitrogens with zero attached hydrogens (tertiary/aromatic N) is 3. The number of aromatic nitrogens is 2. The number of rotatable bonds is 5. The van der Waals surface area contributed by atoms with Gasteiger partial charge in [-0.3, -0.25) is 9.69 Å². The summed E-state index contributed by atoms with van der Waals surface area (Å²) in [4.78, 5) is 19.0. The summed E-state index contributed by atoms with van der Waals surface area (Å²) in [6, 6.07) is 4.42. The van der Waals surface area contributed by atoms with Crippen molar-refractivity contribution in [2.75, 3.05) is 13.1 Å². The summed E-state index contributed by atoms with van der Waals surface area (Å²) in [7, 11) is 0. The third kappa shape index (κ3) is 3.85. The summed E-state index contributed by atoms with van der Waals surface area (Å²) >= 11 is 0. The molecule has 134 valence electrons. The number of aliphatic hydroxyl groups is 1. The highest BCUT2D eigenvalue weighted by Crippen LogP contribution is 2.24. The van der Waals surface area contributed by atoms with E-state index in [0.717, 1.165) is 56.7 Å². The number of aliphatic hydroxyl groups excluding tert-OH is 1. The fourth-order valence-corrected chi connectivity index (χ4v) is 3.62. The number of imidazole rings is 1. The molecular weight excluding hydrogens is 316 g/mol. The van der Waals surface area contributed by atoms with Gasteiger partial charge in [0.1, 0.15) is 11.8 Å². The van der Waals surface area contributed by atoms with Crippen LogP contribution < -0.4 is 5.32 Å². The molecule has 2 aromatic heterocycles. The minimum Gasteiger partial charge on any atom is -0.383 e. The van der Waals surface area contributed by atoms with Crippen LogP contribution in [0, 0.1) is 12.8 Å². The van der Waals surface area contributed by atoms with Gasteiger partial charge in [0.05, 0.1) is 5.69 Å². The quantitative estimate of drug-likeness (QED) is 0.864. The van der Waals surface area contributed by atoms with Gasteiger partial charge in [0, 0.05) is 25.0 Å². The van der Waals surface area contributed by atoms with E-state index in [-0.39, 0.29) is 11.8 Å². The Morgan fingerprint density at radius 2 is 2.04 bits per heavy atom. The van der Waals surface area contributed by atoms with Gasteiger partial charge in [0.2, 0.25) is 5.91 Å². The van der Waals surface area contributed by atoms with Gasteiger partial charge in [-0.25, -0.2) is 4.98 Å². The van der Waals surface area contributed by atoms with Crippen molar-refractivity contribution in [2.24, 2.45) is 5.92 Å². The van der Waals surface area contributed by atoms with Crippen LogP contribution in [0.4, 0.5) is 0 Å². The number of amides is 1. The largest absolute Gasteiger partial charge is 0.383 e. The number of hydrogen-bond acceptors (Lipinski definition) is 4. The summed E-state index contributed by atoms with van der Waals surface area (Å²) in [6.07, 6.45) is 7.13. The fourth-order valence-electron chi connectivity index (χ4n) is 3.62. The van der Waals surface area contributed by atoms with Crippen molar-refractivity contribution in [2.45, 2.75) is 51.3 Å². The lowest BCUT2D eigenvalue weighted by Crippen LogP contribution is -2.44. The Morgan fingerprint density at radius 3 is 2.76 bits per heavy atom. The first-order chi connectivity index (χ1) is 12.1. The number of carbonyl (C=O) groups is 1. The molecule has 0 bridgehead atoms. The lowest BCUT2D eigenvalue weighted by molar-refractivity contribution is -0.133. The van der Waals surface area contributed by atoms with Crippen LogP contribution in [0.15, 0.2) is 24.5 Å². The van der Waals surface area contributed by atoms with E-state index < -0.39 is 6.10 Å². The van der Waals surface area contributed by atoms with Crippen LogP contribution in [0.1, 0.15) is 36.9 Å². The summed E-state index contributed by atoms with van der Waals surface area (Å²) < 4.78 is 2.07. The number of hydrogen-bond donors (Lipinski definition) is 2. The average Bonchev–Trinajstić information content (AvgIpc) is 3.32. The normalized spacial score (nSPS) is 20.7. The molecule has 2 N–H and O–H groups in total. The van der Waals surface area contributed by atoms with Gasteiger partial charge in [-0.2, -0.15) is 0 Å². The number of carbonyl (C=O) groups excluding carboxylic acids is 1. The molecule has 2 aromatic rings. The highest BCUT2D eigenvalue weighted by atomic mass is 16.3. The molecule has 1 saturated carbocycles. The molecule has 1 saturated heterocycles. The Hall–Kier alpha value is -1.92. The third-order valence-electron chi connectivity index (χ3n) is 5.31. The van der Waals surface area contributed by atoms with Crippen LogP contribution in [0.3, 0.4) is 0 Å². The first-order valence-corrected chi connectivity index (χ1v) is 9.23. The lowest BCUT2D eigenvalue weighted by atomic mass is 9.90. The zero-order valence-electron chi connectivity index (χ0n) is 14.7. The second kappa shape index (κ2) is 6.77. The van der Waals surface area contributed by atoms with E-state index in [0.29, 0.717) is 6.04 Å². The molecule has 0 spiro atoms. The molecule has 1 atom stereocenters. The maximum absolute atomic E-state index is 12.0. The number of pyridine rings is 1. The van der Waals surface area contributed by atoms with Gasteiger partial charge in [0.15, 0.2) is 0 Å². The minimum atomic E-state index is -0.860. The molecule has 1 aliphatic carbocycles. The van der Waals surface area contributed by atoms with Crippen molar-refractivity contribution in [3.63, 3.8) is 0 Å². The van der Waals surface area contributed by atoms with E-state index in [4.69, 9.17) is 0 Å². The molecule has 1 amide bonds. The lowest BCUT2D eigenvalue weighted by Gasteiger charge is -2.33. The molecular formula is C19H26N4O2. The standard InChI is InChI=1S/C19H26N4O2/c1-13-2-5-17-20-16(12-23(17)10-13)11-22-8-6-14(7-9-22)18(24)19(25)21-15-3-4-15/h2,5,10,12,14-15,18,24H,3-4,6-9,11H2,1H3,(H,21,25)/t18-/m1/s1. The van der Waals surface area contributed by atoms with E-state index in [1.165, 1.54) is 5.56 Å². The summed E-state index contributed by atoms with van der Waals surface area (Å²) in [5.74, 6) is -0.115. The first-order valence-electron chi connectivity index (χ1n) is 9.23. The minimum absolute atomic E-state index is 0.0683. The highest BCUT2D eigenvalue weighted by Gasteiger charge is 2.33. The molecule has 0 aromatic carbocycles. The maximum Gasteiger partial charge on any atom is 0.249 e. The summed E-state index contributed by atoms with van der Waals surface area (Å²) in [6.45, 7) is 4.68. The maximum atomic E-state index is 12.0. The molecule has 2 aliphatic rings. The topological polar surface area (TPSA) is 69.9 Å². The molecule has 0 unspecified atom stereocenters. The highest BCUT2D eigenvalue weighted by molar-refractivity contribution is 5.81. The molecule has 6 nitrogen and oxygen atoms in total. The van der Waals surface area contributed by atoms with Gasteiger partial charge >= 0.3 is 0 Å². The summed E-state index contributed by atoms with van der Waals surface area (Å²) in [5, 5.41) is 13.2. The molecule has 6 heteroatoms. The molecule has 1 aliphatic heterocycles. The van der Waals surface area contributed by atoms with E-state index in [9.17, 15) is 9.90 Å². The van der Waals surface area contributed by atoms with Crippen molar-refractivity contribution in [1.29, 1.82) is 0 Å². The van der Waals surface area contributed by atoms with Crippen LogP contribution in [0.25, 0.3) is 5.65 Å². The SMILES string of the molecule is Cc1ccc2nc(CN3CCC([C@@H](O)C(=O)NC4CC4)CC3)cn2c1. The number of aryl methyl sites for hydroxylation is 1. The summed E-state index contributed by atoms with van der Waals surface area (Å²) in [5.41, 5.74) is 3.26. The predicted molar refractivity (Wildman–Crippen MR) is 95.1 cm³/mol. The van der Waals surface area contributed by atoms with Gasteiger partial charge in [0.25, 0.3) is 0 Å². The number of piperidine rings is 1. The van der Waals surface area contributed by atoms with E-state index in [2.05, 4.69) is 45.0 Å². The Labute approximate surface area is 147 Å². The van der Waals surface area contributed by atoms with Crippen LogP contribution >= 0.6 is 0 Å². The number of likely N-dealkylation sites (tertiary alicyclic amines) is 1. The zero-order chi connectivity index (χ0) is 17.4. The Kier molecular flexibility index (Phi) is 4.48. The molecule has 4 rings (SSSR count). The second-order valence-corrected chi connectivity index (χ2v) is 7.55. The van der Waals surface area contributed by atoms with Crippen LogP contribution in [0.5, 0.6) is 0 Å². The zero-order valence-corrected chi connectivity index (χ0v) is 14.7. The number of fused-ring (bicyclic) bond motifs is 1. The molecule has 25 heavy (non-hydrogen) atoms. The number of nitrogens with one attached hydrogen (secondary N) is 1.